The van der Waals surface area contributed by atoms with E-state index in [0.717, 1.165) is 40.9 Å². The lowest BCUT2D eigenvalue weighted by Gasteiger charge is -2.23. The van der Waals surface area contributed by atoms with E-state index in [-0.39, 0.29) is 87.8 Å². The Balaban J connectivity index is 0.816. The van der Waals surface area contributed by atoms with Crippen molar-refractivity contribution in [1.82, 2.24) is 10.4 Å². The van der Waals surface area contributed by atoms with Gasteiger partial charge < -0.3 is 34.6 Å². The van der Waals surface area contributed by atoms with Crippen LogP contribution >= 0.6 is 0 Å². The number of methoxy groups -OCH3 is 1. The molecule has 0 aliphatic carbocycles. The Kier molecular flexibility index (Phi) is 15.2. The van der Waals surface area contributed by atoms with Crippen LogP contribution in [0, 0.1) is 12.8 Å². The number of aryl methyl sites for hydroxylation is 2. The van der Waals surface area contributed by atoms with Gasteiger partial charge in [0.05, 0.1) is 30.4 Å². The van der Waals surface area contributed by atoms with Crippen molar-refractivity contribution in [2.24, 2.45) is 10.9 Å². The smallest absolute Gasteiger partial charge is 0.333 e. The van der Waals surface area contributed by atoms with E-state index in [0.29, 0.717) is 68.8 Å². The van der Waals surface area contributed by atoms with Gasteiger partial charge >= 0.3 is 5.97 Å². The standard InChI is InChI=1S/C60H60N6O12/c1-34-21-45-39(17-18-43-26-40-11-5-7-13-48(40)64(43)59(45)73)28-51(34)76-32-37-23-38(33-77-53-30-47-46(29-52(53)75-4)60(74)65-44(31-61-47)27-41-12-6-8-14-49(41)65)25-42(24-37)63-58(72)35(2)22-50(67)36(3)62-54(68)15-9-10-16-57(71)78-66-55(69)19-20-56(66)70/h5-8,11-14,21,23-25,28-31,35-36,43-44H,9-10,15-20,22,26-27,32-33H2,1-4H3,(H,62,68)(H,63,72)/t35-,36-,43+,44-/m0/s1. The minimum atomic E-state index is -0.903. The van der Waals surface area contributed by atoms with Gasteiger partial charge in [-0.2, -0.15) is 0 Å². The van der Waals surface area contributed by atoms with E-state index >= 15 is 0 Å². The van der Waals surface area contributed by atoms with Crippen molar-refractivity contribution in [1.29, 1.82) is 0 Å². The lowest BCUT2D eigenvalue weighted by Crippen LogP contribution is -2.39. The lowest BCUT2D eigenvalue weighted by molar-refractivity contribution is -0.197. The number of hydrogen-bond donors (Lipinski definition) is 2. The van der Waals surface area contributed by atoms with Gasteiger partial charge in [-0.05, 0) is 128 Å². The number of imide groups is 1. The van der Waals surface area contributed by atoms with Crippen molar-refractivity contribution in [2.75, 3.05) is 22.2 Å². The zero-order chi connectivity index (χ0) is 54.8. The molecule has 402 valence electrons. The molecule has 1 fully saturated rings. The Labute approximate surface area is 451 Å². The second kappa shape index (κ2) is 22.5. The van der Waals surface area contributed by atoms with E-state index in [1.54, 1.807) is 49.2 Å². The molecule has 0 saturated carbocycles. The van der Waals surface area contributed by atoms with Crippen LogP contribution in [0.4, 0.5) is 22.7 Å². The number of Topliss-reactive ketones (excluding diaryl/α,β-unsaturated/α-hetero) is 1. The number of ketones is 1. The first-order chi connectivity index (χ1) is 37.6. The maximum Gasteiger partial charge on any atom is 0.333 e. The molecule has 5 heterocycles. The molecule has 1 saturated heterocycles. The van der Waals surface area contributed by atoms with Crippen LogP contribution in [-0.4, -0.2) is 83.7 Å². The third-order valence-electron chi connectivity index (χ3n) is 15.0. The summed E-state index contributed by atoms with van der Waals surface area (Å²) in [7, 11) is 1.50. The van der Waals surface area contributed by atoms with Crippen LogP contribution in [0.3, 0.4) is 0 Å². The number of rotatable bonds is 19. The van der Waals surface area contributed by atoms with Gasteiger partial charge in [0.2, 0.25) is 11.8 Å². The Morgan fingerprint density at radius 3 is 2.08 bits per heavy atom. The number of fused-ring (bicyclic) bond motifs is 8. The highest BCUT2D eigenvalue weighted by molar-refractivity contribution is 6.15. The fourth-order valence-corrected chi connectivity index (χ4v) is 10.8. The number of ether oxygens (including phenoxy) is 3. The number of nitrogens with zero attached hydrogens (tertiary/aromatic N) is 4. The summed E-state index contributed by atoms with van der Waals surface area (Å²) in [4.78, 5) is 117. The summed E-state index contributed by atoms with van der Waals surface area (Å²) in [5.74, 6) is -2.85. The van der Waals surface area contributed by atoms with Crippen molar-refractivity contribution < 1.29 is 57.4 Å². The summed E-state index contributed by atoms with van der Waals surface area (Å²) in [6.07, 6.45) is 5.00. The molecule has 2 N–H and O–H groups in total. The molecule has 4 atom stereocenters. The summed E-state index contributed by atoms with van der Waals surface area (Å²) in [6, 6.07) is 27.5. The van der Waals surface area contributed by atoms with Crippen molar-refractivity contribution in [2.45, 2.75) is 123 Å². The van der Waals surface area contributed by atoms with Crippen LogP contribution in [-0.2, 0) is 66.1 Å². The second-order valence-corrected chi connectivity index (χ2v) is 20.6. The summed E-state index contributed by atoms with van der Waals surface area (Å²) < 4.78 is 18.7. The zero-order valence-electron chi connectivity index (χ0n) is 43.9. The number of para-hydroxylation sites is 2. The van der Waals surface area contributed by atoms with E-state index in [9.17, 15) is 38.4 Å². The largest absolute Gasteiger partial charge is 0.493 e. The molecule has 5 aliphatic rings. The van der Waals surface area contributed by atoms with Gasteiger partial charge in [-0.15, -0.1) is 5.06 Å². The SMILES string of the molecule is COc1cc2c(cc1OCc1cc(COc3cc4c(cc3C)C(=O)N3c5ccccc5C[C@H]3CC4)cc(NC(=O)[C@@H](C)CC(=O)[C@H](C)NC(=O)CCCCC(=O)ON3C(=O)CCC3=O)c1)N=C[C@@H]1Cc3ccccc3N1C2=O. The second-order valence-electron chi connectivity index (χ2n) is 20.6. The van der Waals surface area contributed by atoms with Crippen molar-refractivity contribution in [3.8, 4) is 17.2 Å². The number of anilines is 3. The highest BCUT2D eigenvalue weighted by atomic mass is 16.7. The molecular formula is C60H60N6O12. The highest BCUT2D eigenvalue weighted by Gasteiger charge is 2.39. The van der Waals surface area contributed by atoms with E-state index < -0.39 is 41.6 Å². The molecular weight excluding hydrogens is 997 g/mol. The maximum absolute atomic E-state index is 14.1. The molecule has 6 amide bonds. The number of carbonyl (C=O) groups is 8. The monoisotopic (exact) mass is 1060 g/mol. The molecule has 0 bridgehead atoms. The minimum absolute atomic E-state index is 0.00236. The summed E-state index contributed by atoms with van der Waals surface area (Å²) >= 11 is 0. The van der Waals surface area contributed by atoms with Crippen molar-refractivity contribution in [3.63, 3.8) is 0 Å². The molecule has 18 nitrogen and oxygen atoms in total. The van der Waals surface area contributed by atoms with Crippen LogP contribution in [0.15, 0.2) is 96.0 Å². The van der Waals surface area contributed by atoms with Gasteiger partial charge in [-0.1, -0.05) is 43.3 Å². The number of hydrogen-bond acceptors (Lipinski definition) is 13. The van der Waals surface area contributed by atoms with Gasteiger partial charge in [0.1, 0.15) is 19.0 Å². The molecule has 0 unspecified atom stereocenters. The van der Waals surface area contributed by atoms with Crippen LogP contribution < -0.4 is 34.6 Å². The van der Waals surface area contributed by atoms with Gasteiger partial charge in [-0.3, -0.25) is 43.5 Å². The summed E-state index contributed by atoms with van der Waals surface area (Å²) in [5, 5.41) is 6.12. The van der Waals surface area contributed by atoms with E-state index in [1.807, 2.05) is 72.5 Å². The van der Waals surface area contributed by atoms with E-state index in [1.165, 1.54) is 12.7 Å². The van der Waals surface area contributed by atoms with Gasteiger partial charge in [0.15, 0.2) is 17.3 Å². The topological polar surface area (TPSA) is 220 Å². The predicted octanol–water partition coefficient (Wildman–Crippen LogP) is 8.17. The first kappa shape index (κ1) is 52.8. The van der Waals surface area contributed by atoms with Gasteiger partial charge in [0.25, 0.3) is 23.6 Å². The number of amides is 6. The molecule has 0 spiro atoms. The van der Waals surface area contributed by atoms with Crippen LogP contribution in [0.1, 0.15) is 119 Å². The number of aliphatic imine (C=N–C) groups is 1. The Hall–Kier alpha value is -8.67. The fourth-order valence-electron chi connectivity index (χ4n) is 10.8. The number of unbranched alkanes of at least 4 members (excludes halogenated alkanes) is 1. The van der Waals surface area contributed by atoms with Gasteiger partial charge in [-0.25, -0.2) is 4.79 Å². The number of nitrogens with one attached hydrogen (secondary N) is 2. The predicted molar refractivity (Wildman–Crippen MR) is 288 cm³/mol. The molecule has 18 heteroatoms. The first-order valence-electron chi connectivity index (χ1n) is 26.4. The molecule has 5 aromatic carbocycles. The third kappa shape index (κ3) is 11.1. The lowest BCUT2D eigenvalue weighted by atomic mass is 9.98. The Morgan fingerprint density at radius 1 is 0.705 bits per heavy atom. The number of hydroxylamine groups is 2. The van der Waals surface area contributed by atoms with Crippen molar-refractivity contribution >= 4 is 76.2 Å². The highest BCUT2D eigenvalue weighted by Crippen LogP contribution is 2.42. The van der Waals surface area contributed by atoms with Crippen LogP contribution in [0.25, 0.3) is 0 Å². The van der Waals surface area contributed by atoms with Crippen LogP contribution in [0.5, 0.6) is 17.2 Å². The van der Waals surface area contributed by atoms with E-state index in [4.69, 9.17) is 24.0 Å². The molecule has 78 heavy (non-hydrogen) atoms. The fraction of sp³-hybridized carbons (Fsp3) is 0.350. The molecule has 0 aromatic heterocycles. The summed E-state index contributed by atoms with van der Waals surface area (Å²) in [6.45, 7) is 5.16. The summed E-state index contributed by atoms with van der Waals surface area (Å²) in [5.41, 5.74) is 8.99. The molecule has 10 rings (SSSR count). The van der Waals surface area contributed by atoms with Gasteiger partial charge in [0, 0.05) is 85.4 Å². The van der Waals surface area contributed by atoms with Crippen molar-refractivity contribution in [3.05, 3.63) is 136 Å². The first-order valence-corrected chi connectivity index (χ1v) is 26.4. The number of benzene rings is 5. The average molecular weight is 1060 g/mol. The normalized spacial score (nSPS) is 17.6. The molecule has 5 aliphatic heterocycles. The number of carbonyl (C=O) groups excluding carboxylic acids is 8. The maximum atomic E-state index is 14.1. The van der Waals surface area contributed by atoms with E-state index in [2.05, 4.69) is 16.7 Å². The zero-order valence-corrected chi connectivity index (χ0v) is 43.9. The Morgan fingerprint density at radius 2 is 1.36 bits per heavy atom. The molecule has 0 radical (unpaired) electrons. The average Bonchev–Trinajstić information content (AvgIpc) is 4.10. The quantitative estimate of drug-likeness (QED) is 0.0591. The molecule has 5 aromatic rings. The third-order valence-corrected chi connectivity index (χ3v) is 15.0. The Bertz CT molecular complexity index is 3300. The minimum Gasteiger partial charge on any atom is -0.493 e. The van der Waals surface area contributed by atoms with Crippen LogP contribution in [0.2, 0.25) is 0 Å².